The van der Waals surface area contributed by atoms with Crippen LogP contribution in [0.5, 0.6) is 5.75 Å². The molecule has 0 atom stereocenters. The molecule has 2 aromatic rings. The molecule has 1 aliphatic rings. The third kappa shape index (κ3) is 4.01. The van der Waals surface area contributed by atoms with Crippen molar-refractivity contribution in [1.29, 1.82) is 0 Å². The van der Waals surface area contributed by atoms with Crippen LogP contribution in [0.15, 0.2) is 22.8 Å². The van der Waals surface area contributed by atoms with Crippen molar-refractivity contribution in [3.8, 4) is 17.1 Å². The van der Waals surface area contributed by atoms with E-state index in [4.69, 9.17) is 0 Å². The summed E-state index contributed by atoms with van der Waals surface area (Å²) in [4.78, 5) is 14.6. The quantitative estimate of drug-likeness (QED) is 0.719. The summed E-state index contributed by atoms with van der Waals surface area (Å²) in [5, 5.41) is 0.436. The lowest BCUT2D eigenvalue weighted by Gasteiger charge is -2.16. The number of halogens is 4. The van der Waals surface area contributed by atoms with Crippen LogP contribution in [-0.2, 0) is 7.05 Å². The predicted octanol–water partition coefficient (Wildman–Crippen LogP) is 4.44. The molecule has 4 nitrogen and oxygen atoms in total. The summed E-state index contributed by atoms with van der Waals surface area (Å²) >= 11 is 3.41. The molecule has 1 heterocycles. The fraction of sp³-hybridized carbons (Fsp3) is 0.438. The van der Waals surface area contributed by atoms with Crippen LogP contribution in [0.4, 0.5) is 13.2 Å². The minimum absolute atomic E-state index is 0.240. The van der Waals surface area contributed by atoms with Crippen molar-refractivity contribution in [2.24, 2.45) is 7.05 Å². The van der Waals surface area contributed by atoms with Crippen molar-refractivity contribution in [2.45, 2.75) is 25.1 Å². The first-order valence-corrected chi connectivity index (χ1v) is 11.1. The Morgan fingerprint density at radius 2 is 1.96 bits per heavy atom. The maximum atomic E-state index is 12.9. The summed E-state index contributed by atoms with van der Waals surface area (Å²) in [6, 6.07) is 4.42. The van der Waals surface area contributed by atoms with Gasteiger partial charge in [-0.15, -0.1) is 13.2 Å². The Kier molecular flexibility index (Phi) is 4.67. The first-order chi connectivity index (χ1) is 11.5. The van der Waals surface area contributed by atoms with E-state index in [0.29, 0.717) is 21.7 Å². The van der Waals surface area contributed by atoms with Crippen molar-refractivity contribution >= 4 is 28.7 Å². The van der Waals surface area contributed by atoms with Gasteiger partial charge >= 0.3 is 6.36 Å². The molecule has 25 heavy (non-hydrogen) atoms. The van der Waals surface area contributed by atoms with Crippen LogP contribution < -0.4 is 10.0 Å². The van der Waals surface area contributed by atoms with E-state index in [9.17, 15) is 18.1 Å². The summed E-state index contributed by atoms with van der Waals surface area (Å²) in [5.74, 6) is 0.429. The summed E-state index contributed by atoms with van der Waals surface area (Å²) in [6.45, 7) is 3.23. The Morgan fingerprint density at radius 1 is 1.32 bits per heavy atom. The first-order valence-electron chi connectivity index (χ1n) is 7.67. The van der Waals surface area contributed by atoms with Crippen molar-refractivity contribution in [2.75, 3.05) is 13.3 Å². The van der Waals surface area contributed by atoms with E-state index in [1.807, 2.05) is 0 Å². The molecule has 0 spiro atoms. The van der Waals surface area contributed by atoms with Crippen molar-refractivity contribution < 1.29 is 22.8 Å². The van der Waals surface area contributed by atoms with Crippen LogP contribution in [0, 0.1) is 0 Å². The highest BCUT2D eigenvalue weighted by Crippen LogP contribution is 2.48. The minimum Gasteiger partial charge on any atom is -0.405 e. The number of aromatic nitrogens is 2. The van der Waals surface area contributed by atoms with Gasteiger partial charge in [0.05, 0.1) is 24.6 Å². The second kappa shape index (κ2) is 6.25. The zero-order valence-electron chi connectivity index (χ0n) is 13.9. The van der Waals surface area contributed by atoms with Gasteiger partial charge in [0.15, 0.2) is 7.49 Å². The van der Waals surface area contributed by atoms with Crippen LogP contribution in [0.1, 0.15) is 24.5 Å². The van der Waals surface area contributed by atoms with Crippen LogP contribution in [-0.4, -0.2) is 34.1 Å². The highest BCUT2D eigenvalue weighted by Gasteiger charge is 2.36. The van der Waals surface area contributed by atoms with Crippen LogP contribution in [0.3, 0.4) is 0 Å². The number of rotatable bonds is 4. The molecule has 0 amide bonds. The maximum Gasteiger partial charge on any atom is 0.573 e. The maximum absolute atomic E-state index is 12.9. The third-order valence-corrected chi connectivity index (χ3v) is 6.25. The minimum atomic E-state index is -4.83. The van der Waals surface area contributed by atoms with E-state index in [2.05, 4.69) is 25.7 Å². The molecule has 1 aromatic heterocycles. The van der Waals surface area contributed by atoms with Crippen molar-refractivity contribution in [3.05, 3.63) is 28.5 Å². The van der Waals surface area contributed by atoms with Crippen molar-refractivity contribution in [3.63, 3.8) is 0 Å². The van der Waals surface area contributed by atoms with Gasteiger partial charge in [-0.25, -0.2) is 9.88 Å². The second-order valence-corrected chi connectivity index (χ2v) is 10.6. The van der Waals surface area contributed by atoms with Gasteiger partial charge in [0.1, 0.15) is 21.5 Å². The molecule has 3 rings (SSSR count). The molecule has 0 aliphatic heterocycles. The molecule has 0 radical (unpaired) electrons. The molecule has 0 saturated heterocycles. The van der Waals surface area contributed by atoms with Crippen molar-refractivity contribution in [1.82, 2.24) is 9.55 Å². The van der Waals surface area contributed by atoms with Gasteiger partial charge in [-0.1, -0.05) is 0 Å². The van der Waals surface area contributed by atoms with E-state index in [1.54, 1.807) is 31.0 Å². The average molecular weight is 438 g/mol. The van der Waals surface area contributed by atoms with E-state index < -0.39 is 13.9 Å². The monoisotopic (exact) mass is 437 g/mol. The van der Waals surface area contributed by atoms with E-state index >= 15 is 0 Å². The highest BCUT2D eigenvalue weighted by molar-refractivity contribution is 9.10. The van der Waals surface area contributed by atoms with Gasteiger partial charge in [0.2, 0.25) is 0 Å². The van der Waals surface area contributed by atoms with Crippen LogP contribution >= 0.6 is 23.4 Å². The fourth-order valence-corrected chi connectivity index (χ4v) is 4.39. The first kappa shape index (κ1) is 18.7. The van der Waals surface area contributed by atoms with E-state index in [1.165, 1.54) is 12.1 Å². The predicted molar refractivity (Wildman–Crippen MR) is 95.6 cm³/mol. The fourth-order valence-electron chi connectivity index (χ4n) is 2.76. The lowest BCUT2D eigenvalue weighted by molar-refractivity contribution is -0.274. The number of hydrogen-bond donors (Lipinski definition) is 1. The van der Waals surface area contributed by atoms with Gasteiger partial charge in [0.25, 0.3) is 0 Å². The van der Waals surface area contributed by atoms with Gasteiger partial charge < -0.3 is 9.30 Å². The average Bonchev–Trinajstić information content (AvgIpc) is 3.23. The molecule has 1 saturated carbocycles. The molecule has 1 aliphatic carbocycles. The Labute approximate surface area is 152 Å². The zero-order chi connectivity index (χ0) is 18.6. The summed E-state index contributed by atoms with van der Waals surface area (Å²) in [6.07, 6.45) is -2.73. The number of hydrogen-bond acceptors (Lipinski definition) is 3. The molecule has 136 valence electrons. The smallest absolute Gasteiger partial charge is 0.405 e. The molecule has 1 N–H and O–H groups in total. The molecule has 1 fully saturated rings. The highest BCUT2D eigenvalue weighted by atomic mass is 79.9. The van der Waals surface area contributed by atoms with Gasteiger partial charge in [-0.05, 0) is 40.9 Å². The van der Waals surface area contributed by atoms with Crippen LogP contribution in [0.25, 0.3) is 11.4 Å². The largest absolute Gasteiger partial charge is 0.573 e. The number of nitrogens with zero attached hydrogens (tertiary/aromatic N) is 2. The standard InChI is InChI=1S/C16H18BrF3N2O2P/c1-22-13(9-4-5-9)14(17)21-15(22)11-7-6-10(25(2,3)23)8-12(11)24-16(18,19)20/h6-9,23H,4-5H2,1-3H3/q+1. The topological polar surface area (TPSA) is 47.3 Å². The normalized spacial score (nSPS) is 15.5. The van der Waals surface area contributed by atoms with E-state index in [0.717, 1.165) is 18.5 Å². The number of ether oxygens (including phenoxy) is 1. The summed E-state index contributed by atoms with van der Waals surface area (Å²) in [5.41, 5.74) is 1.22. The number of alkyl halides is 3. The Bertz CT molecular complexity index is 811. The zero-order valence-corrected chi connectivity index (χ0v) is 16.4. The molecule has 0 unspecified atom stereocenters. The van der Waals surface area contributed by atoms with Crippen LogP contribution in [0.2, 0.25) is 0 Å². The number of imidazole rings is 1. The Hall–Kier alpha value is -1.11. The SMILES string of the molecule is Cn1c(-c2ccc([P+](C)(C)O)cc2OC(F)(F)F)nc(Br)c1C1CC1. The molecule has 0 bridgehead atoms. The lowest BCUT2D eigenvalue weighted by atomic mass is 10.2. The third-order valence-electron chi connectivity index (χ3n) is 4.12. The molecular formula is C16H18BrF3N2O2P+. The van der Waals surface area contributed by atoms with Gasteiger partial charge in [-0.2, -0.15) is 0 Å². The van der Waals surface area contributed by atoms with Gasteiger partial charge in [-0.3, -0.25) is 0 Å². The Balaban J connectivity index is 2.13. The molecular weight excluding hydrogens is 420 g/mol. The summed E-state index contributed by atoms with van der Waals surface area (Å²) in [7, 11) is -0.691. The Morgan fingerprint density at radius 3 is 2.48 bits per heavy atom. The summed E-state index contributed by atoms with van der Waals surface area (Å²) < 4.78 is 45.3. The lowest BCUT2D eigenvalue weighted by Crippen LogP contribution is -2.19. The number of benzene rings is 1. The second-order valence-electron chi connectivity index (χ2n) is 6.57. The molecule has 1 aromatic carbocycles. The molecule has 9 heteroatoms. The van der Waals surface area contributed by atoms with Gasteiger partial charge in [0, 0.05) is 19.0 Å². The van der Waals surface area contributed by atoms with E-state index in [-0.39, 0.29) is 11.3 Å².